The maximum Gasteiger partial charge on any atom is 0.271 e. The van der Waals surface area contributed by atoms with E-state index in [1.54, 1.807) is 18.1 Å². The zero-order chi connectivity index (χ0) is 24.9. The number of likely N-dealkylation sites (N-methyl/N-ethyl adjacent to an activating group) is 2. The summed E-state index contributed by atoms with van der Waals surface area (Å²) in [5.41, 5.74) is 4.03. The second-order valence-electron chi connectivity index (χ2n) is 9.96. The van der Waals surface area contributed by atoms with Gasteiger partial charge in [-0.2, -0.15) is 4.98 Å². The highest BCUT2D eigenvalue weighted by molar-refractivity contribution is 6.04. The Kier molecular flexibility index (Phi) is 5.44. The van der Waals surface area contributed by atoms with Crippen LogP contribution in [-0.2, 0) is 4.79 Å². The molecular weight excluding hydrogens is 454 g/mol. The molecule has 36 heavy (non-hydrogen) atoms. The van der Waals surface area contributed by atoms with Gasteiger partial charge in [0, 0.05) is 74.9 Å². The monoisotopic (exact) mass is 485 g/mol. The first kappa shape index (κ1) is 22.6. The van der Waals surface area contributed by atoms with Crippen LogP contribution in [0.4, 0.5) is 34.5 Å². The molecule has 2 aliphatic heterocycles. The fourth-order valence-electron chi connectivity index (χ4n) is 4.76. The minimum Gasteiger partial charge on any atom is -0.475 e. The van der Waals surface area contributed by atoms with Crippen molar-refractivity contribution in [2.24, 2.45) is 0 Å². The molecule has 3 aliphatic rings. The van der Waals surface area contributed by atoms with E-state index in [9.17, 15) is 4.79 Å². The van der Waals surface area contributed by atoms with Crippen molar-refractivity contribution in [2.75, 3.05) is 60.7 Å². The second-order valence-corrected chi connectivity index (χ2v) is 9.96. The molecule has 2 fully saturated rings. The Hall–Kier alpha value is -3.85. The number of rotatable bonds is 5. The minimum atomic E-state index is -0.636. The molecule has 9 heteroatoms. The van der Waals surface area contributed by atoms with Crippen molar-refractivity contribution >= 4 is 40.4 Å². The number of aryl methyl sites for hydroxylation is 1. The lowest BCUT2D eigenvalue weighted by molar-refractivity contribution is -0.127. The number of ether oxygens (including phenoxy) is 1. The number of amides is 1. The summed E-state index contributed by atoms with van der Waals surface area (Å²) in [5.74, 6) is 1.98. The number of anilines is 6. The summed E-state index contributed by atoms with van der Waals surface area (Å²) in [5, 5.41) is 6.69. The first-order chi connectivity index (χ1) is 17.4. The summed E-state index contributed by atoms with van der Waals surface area (Å²) in [4.78, 5) is 28.3. The topological polar surface area (TPSA) is 85.9 Å². The van der Waals surface area contributed by atoms with Gasteiger partial charge in [-0.05, 0) is 56.4 Å². The zero-order valence-electron chi connectivity index (χ0n) is 20.9. The maximum absolute atomic E-state index is 12.7. The minimum absolute atomic E-state index is 0.0236. The van der Waals surface area contributed by atoms with E-state index in [-0.39, 0.29) is 5.91 Å². The molecule has 186 valence electrons. The average molecular weight is 486 g/mol. The second kappa shape index (κ2) is 8.67. The lowest BCUT2D eigenvalue weighted by atomic mass is 10.1. The van der Waals surface area contributed by atoms with E-state index in [1.165, 1.54) is 5.69 Å². The number of aromatic nitrogens is 2. The van der Waals surface area contributed by atoms with Gasteiger partial charge in [-0.1, -0.05) is 0 Å². The third-order valence-electron chi connectivity index (χ3n) is 7.25. The molecule has 1 spiro atoms. The van der Waals surface area contributed by atoms with Crippen molar-refractivity contribution in [2.45, 2.75) is 25.4 Å². The number of carbonyl (C=O) groups excluding carboxylic acids is 1. The Bertz CT molecular complexity index is 1300. The van der Waals surface area contributed by atoms with Crippen molar-refractivity contribution in [1.82, 2.24) is 14.9 Å². The van der Waals surface area contributed by atoms with Crippen LogP contribution in [0.3, 0.4) is 0 Å². The van der Waals surface area contributed by atoms with Crippen LogP contribution < -0.4 is 25.2 Å². The molecule has 6 rings (SSSR count). The van der Waals surface area contributed by atoms with E-state index < -0.39 is 5.60 Å². The van der Waals surface area contributed by atoms with E-state index in [4.69, 9.17) is 9.72 Å². The quantitative estimate of drug-likeness (QED) is 0.563. The van der Waals surface area contributed by atoms with Gasteiger partial charge in [-0.3, -0.25) is 4.79 Å². The number of hydrogen-bond donors (Lipinski definition) is 2. The standard InChI is InChI=1S/C27H31N7O2/c1-18-17-28-26(30-19-4-7-21(8-5-19)34-14-12-32(2)13-15-34)31-24(18)29-20-6-9-23-22(16-20)33(3)25(35)27(36-23)10-11-27/h4-9,16-17H,10-15H2,1-3H3,(H2,28,29,30,31). The predicted octanol–water partition coefficient (Wildman–Crippen LogP) is 3.91. The lowest BCUT2D eigenvalue weighted by Gasteiger charge is -2.34. The molecule has 0 bridgehead atoms. The average Bonchev–Trinajstić information content (AvgIpc) is 3.66. The SMILES string of the molecule is Cc1cnc(Nc2ccc(N3CCN(C)CC3)cc2)nc1Nc1ccc2c(c1)N(C)C(=O)C1(CC1)O2. The smallest absolute Gasteiger partial charge is 0.271 e. The third kappa shape index (κ3) is 4.19. The van der Waals surface area contributed by atoms with Crippen molar-refractivity contribution in [3.8, 4) is 5.75 Å². The van der Waals surface area contributed by atoms with Gasteiger partial charge in [0.2, 0.25) is 5.95 Å². The van der Waals surface area contributed by atoms with E-state index >= 15 is 0 Å². The van der Waals surface area contributed by atoms with Gasteiger partial charge < -0.3 is 30.1 Å². The normalized spacial score (nSPS) is 18.6. The summed E-state index contributed by atoms with van der Waals surface area (Å²) in [7, 11) is 3.97. The van der Waals surface area contributed by atoms with Gasteiger partial charge in [0.1, 0.15) is 11.6 Å². The summed E-state index contributed by atoms with van der Waals surface area (Å²) < 4.78 is 6.02. The van der Waals surface area contributed by atoms with Crippen molar-refractivity contribution in [1.29, 1.82) is 0 Å². The molecule has 1 saturated heterocycles. The first-order valence-corrected chi connectivity index (χ1v) is 12.4. The van der Waals surface area contributed by atoms with E-state index in [2.05, 4.69) is 56.7 Å². The summed E-state index contributed by atoms with van der Waals surface area (Å²) in [6, 6.07) is 14.2. The summed E-state index contributed by atoms with van der Waals surface area (Å²) >= 11 is 0. The largest absolute Gasteiger partial charge is 0.475 e. The molecule has 0 atom stereocenters. The number of piperazine rings is 1. The number of nitrogens with zero attached hydrogens (tertiary/aromatic N) is 5. The molecular formula is C27H31N7O2. The molecule has 0 unspecified atom stereocenters. The maximum atomic E-state index is 12.7. The van der Waals surface area contributed by atoms with Crippen molar-refractivity contribution in [3.05, 3.63) is 54.2 Å². The molecule has 1 aromatic heterocycles. The highest BCUT2D eigenvalue weighted by atomic mass is 16.5. The van der Waals surface area contributed by atoms with Gasteiger partial charge in [0.15, 0.2) is 5.60 Å². The van der Waals surface area contributed by atoms with Crippen LogP contribution in [0.25, 0.3) is 0 Å². The highest BCUT2D eigenvalue weighted by Crippen LogP contribution is 2.49. The highest BCUT2D eigenvalue weighted by Gasteiger charge is 2.57. The molecule has 1 amide bonds. The Morgan fingerprint density at radius 1 is 0.944 bits per heavy atom. The summed E-state index contributed by atoms with van der Waals surface area (Å²) in [6.07, 6.45) is 3.36. The molecule has 2 N–H and O–H groups in total. The van der Waals surface area contributed by atoms with E-state index in [0.717, 1.165) is 67.4 Å². The number of hydrogen-bond acceptors (Lipinski definition) is 8. The fourth-order valence-corrected chi connectivity index (χ4v) is 4.76. The number of nitrogens with one attached hydrogen (secondary N) is 2. The fraction of sp³-hybridized carbons (Fsp3) is 0.370. The Balaban J connectivity index is 1.16. The van der Waals surface area contributed by atoms with Gasteiger partial charge in [-0.15, -0.1) is 0 Å². The van der Waals surface area contributed by atoms with Crippen LogP contribution in [0.5, 0.6) is 5.75 Å². The third-order valence-corrected chi connectivity index (χ3v) is 7.25. The van der Waals surface area contributed by atoms with Gasteiger partial charge in [0.25, 0.3) is 5.91 Å². The molecule has 1 saturated carbocycles. The molecule has 0 radical (unpaired) electrons. The van der Waals surface area contributed by atoms with Crippen LogP contribution in [0, 0.1) is 6.92 Å². The van der Waals surface area contributed by atoms with Crippen LogP contribution >= 0.6 is 0 Å². The Morgan fingerprint density at radius 3 is 2.39 bits per heavy atom. The molecule has 3 heterocycles. The summed E-state index contributed by atoms with van der Waals surface area (Å²) in [6.45, 7) is 6.21. The predicted molar refractivity (Wildman–Crippen MR) is 142 cm³/mol. The van der Waals surface area contributed by atoms with Crippen LogP contribution in [-0.4, -0.2) is 66.7 Å². The molecule has 9 nitrogen and oxygen atoms in total. The van der Waals surface area contributed by atoms with Gasteiger partial charge in [-0.25, -0.2) is 4.98 Å². The van der Waals surface area contributed by atoms with E-state index in [1.807, 2.05) is 25.1 Å². The molecule has 3 aromatic rings. The lowest BCUT2D eigenvalue weighted by Crippen LogP contribution is -2.45. The van der Waals surface area contributed by atoms with Crippen molar-refractivity contribution in [3.63, 3.8) is 0 Å². The Labute approximate surface area is 211 Å². The molecule has 1 aliphatic carbocycles. The van der Waals surface area contributed by atoms with Gasteiger partial charge in [0.05, 0.1) is 5.69 Å². The molecule has 2 aromatic carbocycles. The van der Waals surface area contributed by atoms with Crippen LogP contribution in [0.1, 0.15) is 18.4 Å². The number of carbonyl (C=O) groups is 1. The van der Waals surface area contributed by atoms with Gasteiger partial charge >= 0.3 is 0 Å². The van der Waals surface area contributed by atoms with E-state index in [0.29, 0.717) is 11.8 Å². The Morgan fingerprint density at radius 2 is 1.67 bits per heavy atom. The zero-order valence-corrected chi connectivity index (χ0v) is 20.9. The van der Waals surface area contributed by atoms with Crippen molar-refractivity contribution < 1.29 is 9.53 Å². The van der Waals surface area contributed by atoms with Crippen LogP contribution in [0.2, 0.25) is 0 Å². The first-order valence-electron chi connectivity index (χ1n) is 12.4. The number of benzene rings is 2. The number of fused-ring (bicyclic) bond motifs is 1. The van der Waals surface area contributed by atoms with Crippen LogP contribution in [0.15, 0.2) is 48.7 Å².